The molecule has 0 unspecified atom stereocenters. The van der Waals surface area contributed by atoms with Crippen molar-refractivity contribution >= 4 is 21.6 Å². The summed E-state index contributed by atoms with van der Waals surface area (Å²) >= 11 is 0. The lowest BCUT2D eigenvalue weighted by molar-refractivity contribution is -0.122. The molecule has 0 radical (unpaired) electrons. The summed E-state index contributed by atoms with van der Waals surface area (Å²) in [6, 6.07) is 13.6. The van der Waals surface area contributed by atoms with Crippen LogP contribution in [0.3, 0.4) is 0 Å². The van der Waals surface area contributed by atoms with Gasteiger partial charge in [0.05, 0.1) is 26.2 Å². The standard InChI is InChI=1S/C22H30N2O5S/c1-5-21(24(30(4,26)27)18-9-6-10-20(16-18)29-3)22(25)23-15-7-8-17-11-13-19(28-2)14-12-17/h6,9-14,16,21H,5,7-8,15H2,1-4H3,(H,23,25)/t21-/m0/s1. The van der Waals surface area contributed by atoms with Crippen molar-refractivity contribution in [2.75, 3.05) is 31.3 Å². The van der Waals surface area contributed by atoms with E-state index in [-0.39, 0.29) is 5.91 Å². The summed E-state index contributed by atoms with van der Waals surface area (Å²) in [5.74, 6) is 1.01. The molecule has 0 saturated heterocycles. The van der Waals surface area contributed by atoms with E-state index in [0.29, 0.717) is 24.4 Å². The SMILES string of the molecule is CC[C@@H](C(=O)NCCCc1ccc(OC)cc1)N(c1cccc(OC)c1)S(C)(=O)=O. The van der Waals surface area contributed by atoms with Gasteiger partial charge in [-0.3, -0.25) is 9.10 Å². The second kappa shape index (κ2) is 10.9. The lowest BCUT2D eigenvalue weighted by atomic mass is 10.1. The Kier molecular flexibility index (Phi) is 8.53. The van der Waals surface area contributed by atoms with Crippen LogP contribution in [0.5, 0.6) is 11.5 Å². The van der Waals surface area contributed by atoms with Crippen molar-refractivity contribution in [1.82, 2.24) is 5.32 Å². The number of amides is 1. The fourth-order valence-corrected chi connectivity index (χ4v) is 4.43. The van der Waals surface area contributed by atoms with Gasteiger partial charge in [0.25, 0.3) is 0 Å². The first kappa shape index (κ1) is 23.5. The van der Waals surface area contributed by atoms with E-state index < -0.39 is 16.1 Å². The van der Waals surface area contributed by atoms with E-state index in [4.69, 9.17) is 9.47 Å². The zero-order valence-corrected chi connectivity index (χ0v) is 18.7. The van der Waals surface area contributed by atoms with E-state index in [9.17, 15) is 13.2 Å². The van der Waals surface area contributed by atoms with Crippen LogP contribution in [0.4, 0.5) is 5.69 Å². The molecule has 2 aromatic rings. The van der Waals surface area contributed by atoms with Crippen molar-refractivity contribution in [3.05, 3.63) is 54.1 Å². The molecule has 7 nitrogen and oxygen atoms in total. The molecule has 0 aliphatic rings. The molecule has 8 heteroatoms. The van der Waals surface area contributed by atoms with Crippen molar-refractivity contribution < 1.29 is 22.7 Å². The van der Waals surface area contributed by atoms with Crippen LogP contribution in [0.15, 0.2) is 48.5 Å². The van der Waals surface area contributed by atoms with Crippen molar-refractivity contribution in [2.45, 2.75) is 32.2 Å². The molecule has 0 heterocycles. The minimum absolute atomic E-state index is 0.319. The molecule has 2 aromatic carbocycles. The molecule has 0 aromatic heterocycles. The zero-order chi connectivity index (χ0) is 22.1. The molecule has 30 heavy (non-hydrogen) atoms. The Morgan fingerprint density at radius 2 is 1.73 bits per heavy atom. The van der Waals surface area contributed by atoms with Gasteiger partial charge in [-0.2, -0.15) is 0 Å². The van der Waals surface area contributed by atoms with Crippen LogP contribution >= 0.6 is 0 Å². The number of carbonyl (C=O) groups excluding carboxylic acids is 1. The maximum Gasteiger partial charge on any atom is 0.243 e. The van der Waals surface area contributed by atoms with Crippen LogP contribution in [0.1, 0.15) is 25.3 Å². The van der Waals surface area contributed by atoms with Gasteiger partial charge in [0.1, 0.15) is 17.5 Å². The molecule has 0 fully saturated rings. The Bertz CT molecular complexity index is 929. The van der Waals surface area contributed by atoms with Gasteiger partial charge in [-0.1, -0.05) is 25.1 Å². The van der Waals surface area contributed by atoms with E-state index >= 15 is 0 Å². The number of nitrogens with one attached hydrogen (secondary N) is 1. The summed E-state index contributed by atoms with van der Waals surface area (Å²) in [5.41, 5.74) is 1.54. The van der Waals surface area contributed by atoms with E-state index in [1.54, 1.807) is 38.3 Å². The zero-order valence-electron chi connectivity index (χ0n) is 17.9. The summed E-state index contributed by atoms with van der Waals surface area (Å²) in [6.07, 6.45) is 2.99. The number of anilines is 1. The van der Waals surface area contributed by atoms with Crippen LogP contribution in [0.2, 0.25) is 0 Å². The summed E-state index contributed by atoms with van der Waals surface area (Å²) in [6.45, 7) is 2.25. The molecule has 1 atom stereocenters. The third kappa shape index (κ3) is 6.38. The third-order valence-electron chi connectivity index (χ3n) is 4.74. The maximum absolute atomic E-state index is 12.8. The van der Waals surface area contributed by atoms with Gasteiger partial charge in [-0.25, -0.2) is 8.42 Å². The monoisotopic (exact) mass is 434 g/mol. The van der Waals surface area contributed by atoms with E-state index in [2.05, 4.69) is 5.32 Å². The fraction of sp³-hybridized carbons (Fsp3) is 0.409. The van der Waals surface area contributed by atoms with Gasteiger partial charge < -0.3 is 14.8 Å². The molecule has 0 saturated carbocycles. The Morgan fingerprint density at radius 1 is 1.07 bits per heavy atom. The van der Waals surface area contributed by atoms with E-state index in [0.717, 1.165) is 34.7 Å². The highest BCUT2D eigenvalue weighted by molar-refractivity contribution is 7.92. The minimum Gasteiger partial charge on any atom is -0.497 e. The van der Waals surface area contributed by atoms with Crippen molar-refractivity contribution in [3.63, 3.8) is 0 Å². The minimum atomic E-state index is -3.67. The molecular weight excluding hydrogens is 404 g/mol. The number of carbonyl (C=O) groups is 1. The average Bonchev–Trinajstić information content (AvgIpc) is 2.74. The highest BCUT2D eigenvalue weighted by atomic mass is 32.2. The first-order valence-corrected chi connectivity index (χ1v) is 11.7. The van der Waals surface area contributed by atoms with E-state index in [1.807, 2.05) is 24.3 Å². The van der Waals surface area contributed by atoms with Crippen molar-refractivity contribution in [3.8, 4) is 11.5 Å². The van der Waals surface area contributed by atoms with Crippen LogP contribution in [0, 0.1) is 0 Å². The van der Waals surface area contributed by atoms with Crippen LogP contribution in [0.25, 0.3) is 0 Å². The summed E-state index contributed by atoms with van der Waals surface area (Å²) in [7, 11) is -0.539. The molecule has 1 N–H and O–H groups in total. The molecule has 1 amide bonds. The largest absolute Gasteiger partial charge is 0.497 e. The Hall–Kier alpha value is -2.74. The van der Waals surface area contributed by atoms with E-state index in [1.165, 1.54) is 7.11 Å². The number of hydrogen-bond donors (Lipinski definition) is 1. The topological polar surface area (TPSA) is 84.9 Å². The highest BCUT2D eigenvalue weighted by Crippen LogP contribution is 2.26. The summed E-state index contributed by atoms with van der Waals surface area (Å²) in [5, 5.41) is 2.88. The Labute approximate surface area is 179 Å². The Morgan fingerprint density at radius 3 is 2.30 bits per heavy atom. The molecule has 0 spiro atoms. The van der Waals surface area contributed by atoms with Gasteiger partial charge in [0, 0.05) is 12.6 Å². The predicted octanol–water partition coefficient (Wildman–Crippen LogP) is 3.00. The number of benzene rings is 2. The lowest BCUT2D eigenvalue weighted by Gasteiger charge is -2.30. The second-order valence-corrected chi connectivity index (χ2v) is 8.79. The number of sulfonamides is 1. The second-order valence-electron chi connectivity index (χ2n) is 6.93. The molecular formula is C22H30N2O5S. The average molecular weight is 435 g/mol. The smallest absolute Gasteiger partial charge is 0.243 e. The van der Waals surface area contributed by atoms with Crippen molar-refractivity contribution in [1.29, 1.82) is 0 Å². The molecule has 0 aliphatic carbocycles. The van der Waals surface area contributed by atoms with Crippen LogP contribution in [-0.2, 0) is 21.2 Å². The quantitative estimate of drug-likeness (QED) is 0.550. The van der Waals surface area contributed by atoms with Crippen LogP contribution < -0.4 is 19.1 Å². The summed E-state index contributed by atoms with van der Waals surface area (Å²) in [4.78, 5) is 12.8. The normalized spacial score (nSPS) is 12.1. The highest BCUT2D eigenvalue weighted by Gasteiger charge is 2.31. The molecule has 0 bridgehead atoms. The van der Waals surface area contributed by atoms with Gasteiger partial charge in [-0.15, -0.1) is 0 Å². The number of methoxy groups -OCH3 is 2. The van der Waals surface area contributed by atoms with Gasteiger partial charge in [0.15, 0.2) is 0 Å². The first-order valence-electron chi connectivity index (χ1n) is 9.84. The number of nitrogens with zero attached hydrogens (tertiary/aromatic N) is 1. The maximum atomic E-state index is 12.8. The fourth-order valence-electron chi connectivity index (χ4n) is 3.22. The number of hydrogen-bond acceptors (Lipinski definition) is 5. The molecule has 164 valence electrons. The van der Waals surface area contributed by atoms with Gasteiger partial charge in [-0.05, 0) is 49.1 Å². The first-order chi connectivity index (χ1) is 14.3. The summed E-state index contributed by atoms with van der Waals surface area (Å²) < 4.78 is 36.5. The molecule has 0 aliphatic heterocycles. The Balaban J connectivity index is 2.04. The van der Waals surface area contributed by atoms with Gasteiger partial charge in [0.2, 0.25) is 15.9 Å². The number of rotatable bonds is 11. The number of aryl methyl sites for hydroxylation is 1. The molecule has 2 rings (SSSR count). The predicted molar refractivity (Wildman–Crippen MR) is 119 cm³/mol. The van der Waals surface area contributed by atoms with Crippen LogP contribution in [-0.4, -0.2) is 47.4 Å². The lowest BCUT2D eigenvalue weighted by Crippen LogP contribution is -2.49. The van der Waals surface area contributed by atoms with Crippen molar-refractivity contribution in [2.24, 2.45) is 0 Å². The third-order valence-corrected chi connectivity index (χ3v) is 5.92. The number of ether oxygens (including phenoxy) is 2. The van der Waals surface area contributed by atoms with Gasteiger partial charge >= 0.3 is 0 Å².